The van der Waals surface area contributed by atoms with Crippen molar-refractivity contribution >= 4 is 52.3 Å². The van der Waals surface area contributed by atoms with Crippen LogP contribution in [0.15, 0.2) is 42.5 Å². The third-order valence-electron chi connectivity index (χ3n) is 5.78. The van der Waals surface area contributed by atoms with Gasteiger partial charge in [0.1, 0.15) is 6.04 Å². The standard InChI is InChI=1S/C20H16Cl3N3O2/c21-12-7-5-11(6-8-12)16-15-18(25-10-2-9-24(16)25)20(28)26(19(15)27)17-13(22)3-1-4-14(17)23/h1,3-8,15-16,18H,2,9-10H2/t15-,16-,18+/m1/s1. The summed E-state index contributed by atoms with van der Waals surface area (Å²) in [6.45, 7) is 1.56. The van der Waals surface area contributed by atoms with Crippen LogP contribution in [-0.4, -0.2) is 41.0 Å². The third kappa shape index (κ3) is 2.54. The molecule has 3 heterocycles. The smallest absolute Gasteiger partial charge is 0.253 e. The minimum absolute atomic E-state index is 0.215. The molecule has 3 aliphatic rings. The molecule has 0 N–H and O–H groups in total. The number of anilines is 1. The van der Waals surface area contributed by atoms with Crippen LogP contribution in [0.1, 0.15) is 18.0 Å². The van der Waals surface area contributed by atoms with Gasteiger partial charge in [0.25, 0.3) is 5.91 Å². The fourth-order valence-electron chi connectivity index (χ4n) is 4.70. The quantitative estimate of drug-likeness (QED) is 0.663. The molecule has 2 aromatic carbocycles. The molecule has 0 saturated carbocycles. The molecule has 2 amide bonds. The van der Waals surface area contributed by atoms with Crippen LogP contribution in [-0.2, 0) is 9.59 Å². The van der Waals surface area contributed by atoms with Crippen molar-refractivity contribution in [2.24, 2.45) is 5.92 Å². The van der Waals surface area contributed by atoms with E-state index in [0.717, 1.165) is 25.1 Å². The Morgan fingerprint density at radius 2 is 1.39 bits per heavy atom. The van der Waals surface area contributed by atoms with E-state index in [0.29, 0.717) is 5.02 Å². The predicted octanol–water partition coefficient (Wildman–Crippen LogP) is 4.18. The minimum Gasteiger partial charge on any atom is -0.274 e. The van der Waals surface area contributed by atoms with Gasteiger partial charge < -0.3 is 0 Å². The van der Waals surface area contributed by atoms with Crippen molar-refractivity contribution in [3.63, 3.8) is 0 Å². The maximum Gasteiger partial charge on any atom is 0.253 e. The molecule has 3 atom stereocenters. The molecule has 5 nitrogen and oxygen atoms in total. The van der Waals surface area contributed by atoms with E-state index in [1.807, 2.05) is 29.3 Å². The highest BCUT2D eigenvalue weighted by Gasteiger charge is 2.63. The Balaban J connectivity index is 1.62. The Hall–Kier alpha value is -1.63. The van der Waals surface area contributed by atoms with Crippen LogP contribution in [0.4, 0.5) is 5.69 Å². The number of hydrogen-bond acceptors (Lipinski definition) is 4. The molecule has 144 valence electrons. The Labute approximate surface area is 177 Å². The summed E-state index contributed by atoms with van der Waals surface area (Å²) in [5.41, 5.74) is 1.24. The lowest BCUT2D eigenvalue weighted by molar-refractivity contribution is -0.126. The number of benzene rings is 2. The molecule has 0 unspecified atom stereocenters. The molecule has 3 fully saturated rings. The first-order valence-corrected chi connectivity index (χ1v) is 10.2. The SMILES string of the molecule is O=C1[C@H]2[C@@H](C(=O)N1c1c(Cl)cccc1Cl)N1CCCN1[C@@H]2c1ccc(Cl)cc1. The minimum atomic E-state index is -0.539. The van der Waals surface area contributed by atoms with Gasteiger partial charge in [0.2, 0.25) is 5.91 Å². The van der Waals surface area contributed by atoms with Crippen molar-refractivity contribution in [2.45, 2.75) is 18.5 Å². The zero-order valence-electron chi connectivity index (χ0n) is 14.7. The summed E-state index contributed by atoms with van der Waals surface area (Å²) in [7, 11) is 0. The second-order valence-electron chi connectivity index (χ2n) is 7.23. The molecule has 0 spiro atoms. The lowest BCUT2D eigenvalue weighted by atomic mass is 9.90. The number of nitrogens with zero attached hydrogens (tertiary/aromatic N) is 3. The summed E-state index contributed by atoms with van der Waals surface area (Å²) in [4.78, 5) is 28.0. The lowest BCUT2D eigenvalue weighted by Crippen LogP contribution is -2.44. The van der Waals surface area contributed by atoms with Crippen molar-refractivity contribution < 1.29 is 9.59 Å². The molecule has 0 radical (unpaired) electrons. The molecule has 5 rings (SSSR count). The van der Waals surface area contributed by atoms with Gasteiger partial charge in [-0.05, 0) is 36.2 Å². The number of fused-ring (bicyclic) bond motifs is 3. The molecule has 3 saturated heterocycles. The van der Waals surface area contributed by atoms with E-state index in [1.54, 1.807) is 18.2 Å². The van der Waals surface area contributed by atoms with Crippen molar-refractivity contribution in [3.8, 4) is 0 Å². The monoisotopic (exact) mass is 435 g/mol. The van der Waals surface area contributed by atoms with Crippen LogP contribution in [0.5, 0.6) is 0 Å². The van der Waals surface area contributed by atoms with Gasteiger partial charge in [-0.3, -0.25) is 9.59 Å². The molecule has 3 aliphatic heterocycles. The number of halogens is 3. The predicted molar refractivity (Wildman–Crippen MR) is 108 cm³/mol. The molecule has 0 bridgehead atoms. The highest BCUT2D eigenvalue weighted by molar-refractivity contribution is 6.42. The van der Waals surface area contributed by atoms with Gasteiger partial charge in [-0.2, -0.15) is 0 Å². The maximum atomic E-state index is 13.5. The van der Waals surface area contributed by atoms with Gasteiger partial charge in [0.15, 0.2) is 0 Å². The number of amides is 2. The van der Waals surface area contributed by atoms with Crippen LogP contribution in [0.2, 0.25) is 15.1 Å². The molecular weight excluding hydrogens is 421 g/mol. The second kappa shape index (κ2) is 6.71. The van der Waals surface area contributed by atoms with Gasteiger partial charge in [-0.15, -0.1) is 0 Å². The number of carbonyl (C=O) groups is 2. The highest BCUT2D eigenvalue weighted by atomic mass is 35.5. The molecule has 28 heavy (non-hydrogen) atoms. The topological polar surface area (TPSA) is 43.9 Å². The average Bonchev–Trinajstić information content (AvgIpc) is 3.30. The van der Waals surface area contributed by atoms with Crippen molar-refractivity contribution in [1.29, 1.82) is 0 Å². The number of hydrogen-bond donors (Lipinski definition) is 0. The number of para-hydroxylation sites is 1. The fraction of sp³-hybridized carbons (Fsp3) is 0.300. The summed E-state index contributed by atoms with van der Waals surface area (Å²) < 4.78 is 0. The van der Waals surface area contributed by atoms with Gasteiger partial charge in [-0.25, -0.2) is 14.9 Å². The van der Waals surface area contributed by atoms with E-state index in [-0.39, 0.29) is 33.6 Å². The van der Waals surface area contributed by atoms with E-state index >= 15 is 0 Å². The van der Waals surface area contributed by atoms with E-state index in [1.165, 1.54) is 4.90 Å². The molecule has 2 aromatic rings. The Morgan fingerprint density at radius 3 is 2.04 bits per heavy atom. The van der Waals surface area contributed by atoms with E-state index in [9.17, 15) is 9.59 Å². The average molecular weight is 437 g/mol. The maximum absolute atomic E-state index is 13.5. The Kier molecular flexibility index (Phi) is 4.41. The number of carbonyl (C=O) groups excluding carboxylic acids is 2. The summed E-state index contributed by atoms with van der Waals surface area (Å²) >= 11 is 18.7. The molecule has 0 aromatic heterocycles. The molecule has 0 aliphatic carbocycles. The number of imide groups is 1. The van der Waals surface area contributed by atoms with Crippen LogP contribution < -0.4 is 4.90 Å². The van der Waals surface area contributed by atoms with E-state index in [2.05, 4.69) is 5.01 Å². The zero-order chi connectivity index (χ0) is 19.6. The Bertz CT molecular complexity index is 961. The van der Waals surface area contributed by atoms with Crippen molar-refractivity contribution in [3.05, 3.63) is 63.1 Å². The van der Waals surface area contributed by atoms with Crippen LogP contribution in [0, 0.1) is 5.92 Å². The van der Waals surface area contributed by atoms with Crippen molar-refractivity contribution in [1.82, 2.24) is 10.0 Å². The van der Waals surface area contributed by atoms with Crippen molar-refractivity contribution in [2.75, 3.05) is 18.0 Å². The third-order valence-corrected chi connectivity index (χ3v) is 6.64. The number of hydrazine groups is 1. The van der Waals surface area contributed by atoms with Crippen LogP contribution in [0.25, 0.3) is 0 Å². The van der Waals surface area contributed by atoms with E-state index < -0.39 is 12.0 Å². The largest absolute Gasteiger partial charge is 0.274 e. The first-order valence-electron chi connectivity index (χ1n) is 9.09. The summed E-state index contributed by atoms with van der Waals surface area (Å²) in [5.74, 6) is -1.05. The van der Waals surface area contributed by atoms with Crippen LogP contribution in [0.3, 0.4) is 0 Å². The van der Waals surface area contributed by atoms with Gasteiger partial charge in [0.05, 0.1) is 27.7 Å². The zero-order valence-corrected chi connectivity index (χ0v) is 17.0. The first kappa shape index (κ1) is 18.4. The van der Waals surface area contributed by atoms with E-state index in [4.69, 9.17) is 34.8 Å². The van der Waals surface area contributed by atoms with Crippen LogP contribution >= 0.6 is 34.8 Å². The number of rotatable bonds is 2. The molecule has 8 heteroatoms. The lowest BCUT2D eigenvalue weighted by Gasteiger charge is -2.30. The second-order valence-corrected chi connectivity index (χ2v) is 8.48. The highest BCUT2D eigenvalue weighted by Crippen LogP contribution is 2.50. The summed E-state index contributed by atoms with van der Waals surface area (Å²) in [6, 6.07) is 11.7. The normalized spacial score (nSPS) is 27.5. The summed E-state index contributed by atoms with van der Waals surface area (Å²) in [6.07, 6.45) is 0.946. The first-order chi connectivity index (χ1) is 13.5. The van der Waals surface area contributed by atoms with Gasteiger partial charge in [0, 0.05) is 18.1 Å². The molecular formula is C20H16Cl3N3O2. The fourth-order valence-corrected chi connectivity index (χ4v) is 5.39. The van der Waals surface area contributed by atoms with Gasteiger partial charge in [-0.1, -0.05) is 53.0 Å². The Morgan fingerprint density at radius 1 is 0.786 bits per heavy atom. The summed E-state index contributed by atoms with van der Waals surface area (Å²) in [5, 5.41) is 5.40. The van der Waals surface area contributed by atoms with Gasteiger partial charge >= 0.3 is 0 Å².